The molecule has 1 heterocycles. The van der Waals surface area contributed by atoms with Crippen LogP contribution in [0.2, 0.25) is 0 Å². The van der Waals surface area contributed by atoms with Crippen LogP contribution < -0.4 is 5.32 Å². The van der Waals surface area contributed by atoms with E-state index in [1.165, 1.54) is 0 Å². The van der Waals surface area contributed by atoms with Crippen LogP contribution in [0.15, 0.2) is 18.5 Å². The number of hydrogen-bond acceptors (Lipinski definition) is 4. The first-order chi connectivity index (χ1) is 6.38. The molecule has 0 fully saturated rings. The molecular weight excluding hydrogens is 166 g/mol. The van der Waals surface area contributed by atoms with E-state index in [2.05, 4.69) is 15.3 Å². The number of ether oxygens (including phenoxy) is 1. The van der Waals surface area contributed by atoms with Crippen molar-refractivity contribution in [1.29, 1.82) is 0 Å². The highest BCUT2D eigenvalue weighted by molar-refractivity contribution is 4.95. The molecule has 1 aromatic rings. The predicted molar refractivity (Wildman–Crippen MR) is 50.3 cm³/mol. The van der Waals surface area contributed by atoms with Crippen molar-refractivity contribution < 1.29 is 4.74 Å². The van der Waals surface area contributed by atoms with Crippen molar-refractivity contribution in [3.63, 3.8) is 0 Å². The Morgan fingerprint density at radius 2 is 2.15 bits per heavy atom. The fraction of sp³-hybridized carbons (Fsp3) is 0.556. The zero-order valence-electron chi connectivity index (χ0n) is 8.03. The monoisotopic (exact) mass is 181 g/mol. The van der Waals surface area contributed by atoms with Gasteiger partial charge < -0.3 is 10.1 Å². The first kappa shape index (κ1) is 10.1. The molecule has 0 aliphatic rings. The third-order valence-electron chi connectivity index (χ3n) is 1.68. The highest BCUT2D eigenvalue weighted by Gasteiger charge is 2.11. The van der Waals surface area contributed by atoms with Crippen LogP contribution in [0, 0.1) is 0 Å². The average molecular weight is 181 g/mol. The highest BCUT2D eigenvalue weighted by atomic mass is 16.5. The van der Waals surface area contributed by atoms with Crippen LogP contribution in [0.5, 0.6) is 0 Å². The molecule has 1 N–H and O–H groups in total. The molecular formula is C9H15N3O. The highest BCUT2D eigenvalue weighted by Crippen LogP contribution is 2.05. The lowest BCUT2D eigenvalue weighted by atomic mass is 10.3. The van der Waals surface area contributed by atoms with Gasteiger partial charge in [-0.1, -0.05) is 6.92 Å². The molecule has 0 aliphatic carbocycles. The number of hydrogen-bond donors (Lipinski definition) is 1. The van der Waals surface area contributed by atoms with E-state index in [0.717, 1.165) is 12.4 Å². The molecule has 0 aliphatic heterocycles. The van der Waals surface area contributed by atoms with Crippen LogP contribution in [-0.2, 0) is 4.74 Å². The van der Waals surface area contributed by atoms with Crippen molar-refractivity contribution in [3.05, 3.63) is 24.3 Å². The maximum atomic E-state index is 5.07. The Bertz CT molecular complexity index is 222. The summed E-state index contributed by atoms with van der Waals surface area (Å²) in [4.78, 5) is 8.33. The molecule has 0 radical (unpaired) electrons. The molecule has 4 heteroatoms. The minimum Gasteiger partial charge on any atom is -0.383 e. The van der Waals surface area contributed by atoms with Crippen molar-refractivity contribution in [2.45, 2.75) is 13.0 Å². The van der Waals surface area contributed by atoms with E-state index in [4.69, 9.17) is 4.74 Å². The standard InChI is InChI=1S/C9H15N3O/c1-3-10-8(7-13-2)9-11-5-4-6-12-9/h4-6,8,10H,3,7H2,1-2H3. The minimum absolute atomic E-state index is 0.0937. The molecule has 0 saturated carbocycles. The van der Waals surface area contributed by atoms with Gasteiger partial charge in [0.05, 0.1) is 12.6 Å². The van der Waals surface area contributed by atoms with E-state index in [1.807, 2.05) is 6.92 Å². The normalized spacial score (nSPS) is 12.8. The quantitative estimate of drug-likeness (QED) is 0.729. The Morgan fingerprint density at radius 3 is 2.69 bits per heavy atom. The Hall–Kier alpha value is -1.00. The summed E-state index contributed by atoms with van der Waals surface area (Å²) in [6.07, 6.45) is 3.48. The van der Waals surface area contributed by atoms with Crippen molar-refractivity contribution in [3.8, 4) is 0 Å². The van der Waals surface area contributed by atoms with E-state index in [9.17, 15) is 0 Å². The second-order valence-corrected chi connectivity index (χ2v) is 2.67. The number of rotatable bonds is 5. The van der Waals surface area contributed by atoms with Crippen molar-refractivity contribution in [2.24, 2.45) is 0 Å². The second kappa shape index (κ2) is 5.61. The van der Waals surface area contributed by atoms with E-state index in [1.54, 1.807) is 25.6 Å². The Labute approximate surface area is 78.4 Å². The predicted octanol–water partition coefficient (Wildman–Crippen LogP) is 0.774. The zero-order chi connectivity index (χ0) is 9.52. The molecule has 13 heavy (non-hydrogen) atoms. The largest absolute Gasteiger partial charge is 0.383 e. The SMILES string of the molecule is CCNC(COC)c1ncccn1. The van der Waals surface area contributed by atoms with Gasteiger partial charge in [0.15, 0.2) is 0 Å². The molecule has 0 spiro atoms. The van der Waals surface area contributed by atoms with E-state index in [-0.39, 0.29) is 6.04 Å². The van der Waals surface area contributed by atoms with Gasteiger partial charge in [0.25, 0.3) is 0 Å². The number of likely N-dealkylation sites (N-methyl/N-ethyl adjacent to an activating group) is 1. The van der Waals surface area contributed by atoms with Gasteiger partial charge in [-0.15, -0.1) is 0 Å². The number of methoxy groups -OCH3 is 1. The van der Waals surface area contributed by atoms with Crippen LogP contribution in [0.3, 0.4) is 0 Å². The summed E-state index contributed by atoms with van der Waals surface area (Å²) in [6.45, 7) is 3.52. The molecule has 4 nitrogen and oxygen atoms in total. The topological polar surface area (TPSA) is 47.0 Å². The van der Waals surface area contributed by atoms with Crippen LogP contribution in [0.25, 0.3) is 0 Å². The summed E-state index contributed by atoms with van der Waals surface area (Å²) in [5, 5.41) is 3.25. The Balaban J connectivity index is 2.64. The summed E-state index contributed by atoms with van der Waals surface area (Å²) in [5.41, 5.74) is 0. The maximum absolute atomic E-state index is 5.07. The van der Waals surface area contributed by atoms with Crippen LogP contribution in [0.1, 0.15) is 18.8 Å². The van der Waals surface area contributed by atoms with Gasteiger partial charge in [-0.05, 0) is 12.6 Å². The Kier molecular flexibility index (Phi) is 4.35. The molecule has 1 aromatic heterocycles. The molecule has 1 atom stereocenters. The van der Waals surface area contributed by atoms with E-state index >= 15 is 0 Å². The second-order valence-electron chi connectivity index (χ2n) is 2.67. The van der Waals surface area contributed by atoms with Gasteiger partial charge >= 0.3 is 0 Å². The van der Waals surface area contributed by atoms with Crippen LogP contribution >= 0.6 is 0 Å². The van der Waals surface area contributed by atoms with Crippen molar-refractivity contribution >= 4 is 0 Å². The Morgan fingerprint density at radius 1 is 1.46 bits per heavy atom. The molecule has 0 bridgehead atoms. The molecule has 0 aromatic carbocycles. The first-order valence-corrected chi connectivity index (χ1v) is 4.37. The molecule has 72 valence electrons. The van der Waals surface area contributed by atoms with Crippen molar-refractivity contribution in [1.82, 2.24) is 15.3 Å². The number of nitrogens with one attached hydrogen (secondary N) is 1. The summed E-state index contributed by atoms with van der Waals surface area (Å²) >= 11 is 0. The van der Waals surface area contributed by atoms with Crippen LogP contribution in [-0.4, -0.2) is 30.2 Å². The molecule has 0 amide bonds. The third kappa shape index (κ3) is 3.08. The summed E-state index contributed by atoms with van der Waals surface area (Å²) in [7, 11) is 1.67. The zero-order valence-corrected chi connectivity index (χ0v) is 8.03. The number of aromatic nitrogens is 2. The smallest absolute Gasteiger partial charge is 0.147 e. The summed E-state index contributed by atoms with van der Waals surface area (Å²) in [5.74, 6) is 0.784. The fourth-order valence-corrected chi connectivity index (χ4v) is 1.13. The third-order valence-corrected chi connectivity index (χ3v) is 1.68. The molecule has 0 saturated heterocycles. The van der Waals surface area contributed by atoms with E-state index < -0.39 is 0 Å². The van der Waals surface area contributed by atoms with Gasteiger partial charge in [0, 0.05) is 19.5 Å². The molecule has 1 unspecified atom stereocenters. The number of nitrogens with zero attached hydrogens (tertiary/aromatic N) is 2. The lowest BCUT2D eigenvalue weighted by Gasteiger charge is -2.14. The van der Waals surface area contributed by atoms with Crippen LogP contribution in [0.4, 0.5) is 0 Å². The average Bonchev–Trinajstić information content (AvgIpc) is 2.19. The van der Waals surface area contributed by atoms with Gasteiger partial charge in [0.1, 0.15) is 5.82 Å². The minimum atomic E-state index is 0.0937. The maximum Gasteiger partial charge on any atom is 0.147 e. The lowest BCUT2D eigenvalue weighted by Crippen LogP contribution is -2.26. The van der Waals surface area contributed by atoms with Gasteiger partial charge in [-0.2, -0.15) is 0 Å². The van der Waals surface area contributed by atoms with Gasteiger partial charge in [0.2, 0.25) is 0 Å². The van der Waals surface area contributed by atoms with Gasteiger partial charge in [-0.3, -0.25) is 0 Å². The molecule has 1 rings (SSSR count). The summed E-state index contributed by atoms with van der Waals surface area (Å²) in [6, 6.07) is 1.90. The van der Waals surface area contributed by atoms with E-state index in [0.29, 0.717) is 6.61 Å². The fourth-order valence-electron chi connectivity index (χ4n) is 1.13. The lowest BCUT2D eigenvalue weighted by molar-refractivity contribution is 0.164. The van der Waals surface area contributed by atoms with Gasteiger partial charge in [-0.25, -0.2) is 9.97 Å². The summed E-state index contributed by atoms with van der Waals surface area (Å²) < 4.78 is 5.07. The first-order valence-electron chi connectivity index (χ1n) is 4.37. The van der Waals surface area contributed by atoms with Crippen molar-refractivity contribution in [2.75, 3.05) is 20.3 Å².